The van der Waals surface area contributed by atoms with Gasteiger partial charge in [0.05, 0.1) is 18.2 Å². The average Bonchev–Trinajstić information content (AvgIpc) is 2.60. The minimum Gasteiger partial charge on any atom is -0.492 e. The molecule has 1 aliphatic heterocycles. The SMILES string of the molecule is COc1c(OCc2ccc(I)cc2)cc2c(c1C=O)CC(O)OC2=O. The van der Waals surface area contributed by atoms with Crippen molar-refractivity contribution in [1.29, 1.82) is 0 Å². The zero-order valence-electron chi connectivity index (χ0n) is 13.3. The number of carbonyl (C=O) groups excluding carboxylic acids is 2. The zero-order chi connectivity index (χ0) is 18.0. The molecule has 1 N–H and O–H groups in total. The molecular formula is C18H15IO6. The van der Waals surface area contributed by atoms with Gasteiger partial charge in [0.2, 0.25) is 6.29 Å². The number of benzene rings is 2. The van der Waals surface area contributed by atoms with Crippen molar-refractivity contribution < 1.29 is 28.9 Å². The van der Waals surface area contributed by atoms with Crippen LogP contribution >= 0.6 is 22.6 Å². The molecule has 0 aliphatic carbocycles. The number of halogens is 1. The van der Waals surface area contributed by atoms with E-state index in [1.807, 2.05) is 24.3 Å². The van der Waals surface area contributed by atoms with Gasteiger partial charge in [0, 0.05) is 9.99 Å². The number of rotatable bonds is 5. The van der Waals surface area contributed by atoms with E-state index in [1.165, 1.54) is 13.2 Å². The molecule has 1 aliphatic rings. The van der Waals surface area contributed by atoms with E-state index in [2.05, 4.69) is 22.6 Å². The molecule has 0 radical (unpaired) electrons. The average molecular weight is 454 g/mol. The number of hydrogen-bond donors (Lipinski definition) is 1. The van der Waals surface area contributed by atoms with E-state index in [9.17, 15) is 14.7 Å². The molecule has 0 aromatic heterocycles. The molecule has 0 fully saturated rings. The first-order chi connectivity index (χ1) is 12.0. The molecule has 7 heteroatoms. The Morgan fingerprint density at radius 3 is 2.72 bits per heavy atom. The minimum absolute atomic E-state index is 0.0307. The van der Waals surface area contributed by atoms with Crippen LogP contribution in [0.25, 0.3) is 0 Å². The first-order valence-electron chi connectivity index (χ1n) is 7.48. The fourth-order valence-corrected chi connectivity index (χ4v) is 3.05. The summed E-state index contributed by atoms with van der Waals surface area (Å²) in [5.74, 6) is -0.185. The maximum Gasteiger partial charge on any atom is 0.340 e. The first kappa shape index (κ1) is 17.7. The molecule has 2 aromatic rings. The van der Waals surface area contributed by atoms with Gasteiger partial charge < -0.3 is 19.3 Å². The summed E-state index contributed by atoms with van der Waals surface area (Å²) in [6, 6.07) is 9.26. The Bertz CT molecular complexity index is 815. The molecule has 2 aromatic carbocycles. The van der Waals surface area contributed by atoms with Crippen molar-refractivity contribution >= 4 is 34.8 Å². The van der Waals surface area contributed by atoms with E-state index >= 15 is 0 Å². The number of ether oxygens (including phenoxy) is 3. The van der Waals surface area contributed by atoms with Crippen LogP contribution in [0.1, 0.15) is 31.8 Å². The van der Waals surface area contributed by atoms with Crippen LogP contribution in [-0.2, 0) is 17.8 Å². The van der Waals surface area contributed by atoms with Gasteiger partial charge >= 0.3 is 5.97 Å². The second-order valence-corrected chi connectivity index (χ2v) is 6.69. The molecule has 1 unspecified atom stereocenters. The maximum absolute atomic E-state index is 12.0. The molecular weight excluding hydrogens is 439 g/mol. The lowest BCUT2D eigenvalue weighted by molar-refractivity contribution is -0.0688. The summed E-state index contributed by atoms with van der Waals surface area (Å²) in [4.78, 5) is 23.6. The monoisotopic (exact) mass is 454 g/mol. The zero-order valence-corrected chi connectivity index (χ0v) is 15.5. The van der Waals surface area contributed by atoms with E-state index in [0.717, 1.165) is 9.13 Å². The quantitative estimate of drug-likeness (QED) is 0.425. The van der Waals surface area contributed by atoms with Gasteiger partial charge in [-0.05, 0) is 51.9 Å². The molecule has 1 heterocycles. The third-order valence-electron chi connectivity index (χ3n) is 3.87. The van der Waals surface area contributed by atoms with Crippen LogP contribution in [0.5, 0.6) is 11.5 Å². The van der Waals surface area contributed by atoms with Gasteiger partial charge in [0.15, 0.2) is 17.8 Å². The number of cyclic esters (lactones) is 1. The number of hydrogen-bond acceptors (Lipinski definition) is 6. The maximum atomic E-state index is 12.0. The highest BCUT2D eigenvalue weighted by atomic mass is 127. The van der Waals surface area contributed by atoms with Gasteiger partial charge in [0.1, 0.15) is 6.61 Å². The van der Waals surface area contributed by atoms with Crippen LogP contribution in [-0.4, -0.2) is 30.8 Å². The Kier molecular flexibility index (Phi) is 5.24. The largest absolute Gasteiger partial charge is 0.492 e. The van der Waals surface area contributed by atoms with Crippen molar-refractivity contribution in [3.05, 3.63) is 56.2 Å². The molecule has 25 heavy (non-hydrogen) atoms. The van der Waals surface area contributed by atoms with Crippen LogP contribution in [0.3, 0.4) is 0 Å². The second-order valence-electron chi connectivity index (χ2n) is 5.44. The Morgan fingerprint density at radius 2 is 2.08 bits per heavy atom. The van der Waals surface area contributed by atoms with Crippen LogP contribution < -0.4 is 9.47 Å². The number of carbonyl (C=O) groups is 2. The molecule has 0 saturated heterocycles. The Labute approximate surface area is 157 Å². The van der Waals surface area contributed by atoms with Crippen LogP contribution in [0.2, 0.25) is 0 Å². The predicted molar refractivity (Wildman–Crippen MR) is 97.0 cm³/mol. The van der Waals surface area contributed by atoms with E-state index in [0.29, 0.717) is 11.8 Å². The first-order valence-corrected chi connectivity index (χ1v) is 8.56. The molecule has 130 valence electrons. The summed E-state index contributed by atoms with van der Waals surface area (Å²) >= 11 is 2.21. The molecule has 0 amide bonds. The number of esters is 1. The highest BCUT2D eigenvalue weighted by molar-refractivity contribution is 14.1. The minimum atomic E-state index is -1.28. The van der Waals surface area contributed by atoms with Crippen molar-refractivity contribution in [2.45, 2.75) is 19.3 Å². The lowest BCUT2D eigenvalue weighted by atomic mass is 9.95. The normalized spacial score (nSPS) is 16.0. The smallest absolute Gasteiger partial charge is 0.340 e. The summed E-state index contributed by atoms with van der Waals surface area (Å²) in [6.45, 7) is 0.252. The van der Waals surface area contributed by atoms with Crippen molar-refractivity contribution in [3.8, 4) is 11.5 Å². The Balaban J connectivity index is 1.98. The van der Waals surface area contributed by atoms with E-state index in [1.54, 1.807) is 0 Å². The number of methoxy groups -OCH3 is 1. The fourth-order valence-electron chi connectivity index (χ4n) is 2.69. The summed E-state index contributed by atoms with van der Waals surface area (Å²) < 4.78 is 17.0. The van der Waals surface area contributed by atoms with Crippen molar-refractivity contribution in [2.24, 2.45) is 0 Å². The standard InChI is InChI=1S/C18H15IO6/c1-23-17-14(8-20)12-7-16(21)25-18(22)13(12)6-15(17)24-9-10-2-4-11(19)5-3-10/h2-6,8,16,21H,7,9H2,1H3. The summed E-state index contributed by atoms with van der Waals surface area (Å²) in [5, 5.41) is 9.62. The van der Waals surface area contributed by atoms with Gasteiger partial charge in [0.25, 0.3) is 0 Å². The molecule has 1 atom stereocenters. The third-order valence-corrected chi connectivity index (χ3v) is 4.58. The highest BCUT2D eigenvalue weighted by Gasteiger charge is 2.31. The van der Waals surface area contributed by atoms with Crippen molar-refractivity contribution in [3.63, 3.8) is 0 Å². The van der Waals surface area contributed by atoms with Gasteiger partial charge in [-0.1, -0.05) is 12.1 Å². The van der Waals surface area contributed by atoms with Gasteiger partial charge in [-0.3, -0.25) is 4.79 Å². The molecule has 0 bridgehead atoms. The van der Waals surface area contributed by atoms with E-state index in [-0.39, 0.29) is 35.7 Å². The van der Waals surface area contributed by atoms with Crippen molar-refractivity contribution in [1.82, 2.24) is 0 Å². The summed E-state index contributed by atoms with van der Waals surface area (Å²) in [7, 11) is 1.42. The van der Waals surface area contributed by atoms with Crippen LogP contribution in [0, 0.1) is 3.57 Å². The number of aliphatic hydroxyl groups excluding tert-OH is 1. The fraction of sp³-hybridized carbons (Fsp3) is 0.222. The second kappa shape index (κ2) is 7.40. The lowest BCUT2D eigenvalue weighted by Crippen LogP contribution is -2.28. The topological polar surface area (TPSA) is 82.1 Å². The van der Waals surface area contributed by atoms with Crippen LogP contribution in [0.4, 0.5) is 0 Å². The van der Waals surface area contributed by atoms with E-state index < -0.39 is 12.3 Å². The third kappa shape index (κ3) is 3.62. The highest BCUT2D eigenvalue weighted by Crippen LogP contribution is 2.38. The molecule has 6 nitrogen and oxygen atoms in total. The predicted octanol–water partition coefficient (Wildman–Crippen LogP) is 2.72. The summed E-state index contributed by atoms with van der Waals surface area (Å²) in [6.07, 6.45) is -0.647. The molecule has 0 spiro atoms. The van der Waals surface area contributed by atoms with Crippen LogP contribution in [0.15, 0.2) is 30.3 Å². The van der Waals surface area contributed by atoms with E-state index in [4.69, 9.17) is 14.2 Å². The molecule has 3 rings (SSSR count). The number of fused-ring (bicyclic) bond motifs is 1. The Hall–Kier alpha value is -2.13. The van der Waals surface area contributed by atoms with Gasteiger partial charge in [-0.15, -0.1) is 0 Å². The number of aldehydes is 1. The van der Waals surface area contributed by atoms with Crippen molar-refractivity contribution in [2.75, 3.05) is 7.11 Å². The number of aliphatic hydroxyl groups is 1. The summed E-state index contributed by atoms with van der Waals surface area (Å²) in [5.41, 5.74) is 1.72. The van der Waals surface area contributed by atoms with Gasteiger partial charge in [-0.25, -0.2) is 4.79 Å². The van der Waals surface area contributed by atoms with Gasteiger partial charge in [-0.2, -0.15) is 0 Å². The lowest BCUT2D eigenvalue weighted by Gasteiger charge is -2.24. The Morgan fingerprint density at radius 1 is 1.36 bits per heavy atom. The molecule has 0 saturated carbocycles.